The zero-order valence-corrected chi connectivity index (χ0v) is 12.3. The second-order valence-corrected chi connectivity index (χ2v) is 7.60. The van der Waals surface area contributed by atoms with Crippen molar-refractivity contribution in [3.05, 3.63) is 29.6 Å². The van der Waals surface area contributed by atoms with Gasteiger partial charge in [0.25, 0.3) is 0 Å². The molecule has 6 heteroatoms. The Labute approximate surface area is 119 Å². The third kappa shape index (κ3) is 2.36. The molecule has 3 rings (SSSR count). The largest absolute Gasteiger partial charge is 0.312 e. The van der Waals surface area contributed by atoms with Gasteiger partial charge in [-0.15, -0.1) is 0 Å². The molecule has 0 amide bonds. The van der Waals surface area contributed by atoms with Gasteiger partial charge in [-0.2, -0.15) is 4.31 Å². The van der Waals surface area contributed by atoms with Gasteiger partial charge in [0.2, 0.25) is 10.0 Å². The summed E-state index contributed by atoms with van der Waals surface area (Å²) in [5, 5.41) is 3.39. The highest BCUT2D eigenvalue weighted by Gasteiger charge is 2.40. The van der Waals surface area contributed by atoms with Gasteiger partial charge < -0.3 is 5.32 Å². The minimum absolute atomic E-state index is 0.220. The number of piperidine rings is 1. The second kappa shape index (κ2) is 5.09. The van der Waals surface area contributed by atoms with Crippen molar-refractivity contribution in [2.75, 3.05) is 19.6 Å². The molecule has 0 bridgehead atoms. The van der Waals surface area contributed by atoms with E-state index in [4.69, 9.17) is 0 Å². The summed E-state index contributed by atoms with van der Waals surface area (Å²) in [6.45, 7) is 3.68. The monoisotopic (exact) mass is 298 g/mol. The van der Waals surface area contributed by atoms with Crippen LogP contribution in [0.3, 0.4) is 0 Å². The molecule has 0 aromatic heterocycles. The molecule has 110 valence electrons. The van der Waals surface area contributed by atoms with E-state index in [2.05, 4.69) is 5.32 Å². The van der Waals surface area contributed by atoms with Crippen molar-refractivity contribution in [1.82, 2.24) is 9.62 Å². The van der Waals surface area contributed by atoms with E-state index in [1.807, 2.05) is 0 Å². The lowest BCUT2D eigenvalue weighted by Gasteiger charge is -2.24. The van der Waals surface area contributed by atoms with Crippen LogP contribution in [-0.4, -0.2) is 38.4 Å². The van der Waals surface area contributed by atoms with Crippen LogP contribution in [0.4, 0.5) is 4.39 Å². The molecule has 4 nitrogen and oxygen atoms in total. The number of aryl methyl sites for hydroxylation is 1. The quantitative estimate of drug-likeness (QED) is 0.900. The molecule has 0 aliphatic carbocycles. The Hall–Kier alpha value is -0.980. The fraction of sp³-hybridized carbons (Fsp3) is 0.571. The summed E-state index contributed by atoms with van der Waals surface area (Å²) in [7, 11) is -3.52. The first-order chi connectivity index (χ1) is 9.48. The van der Waals surface area contributed by atoms with Crippen LogP contribution in [0.5, 0.6) is 0 Å². The van der Waals surface area contributed by atoms with Gasteiger partial charge >= 0.3 is 0 Å². The van der Waals surface area contributed by atoms with Crippen molar-refractivity contribution in [3.63, 3.8) is 0 Å². The van der Waals surface area contributed by atoms with E-state index in [1.54, 1.807) is 11.2 Å². The van der Waals surface area contributed by atoms with Crippen molar-refractivity contribution < 1.29 is 12.8 Å². The molecule has 2 aliphatic heterocycles. The van der Waals surface area contributed by atoms with E-state index in [0.717, 1.165) is 19.4 Å². The number of fused-ring (bicyclic) bond motifs is 1. The van der Waals surface area contributed by atoms with Crippen molar-refractivity contribution in [2.24, 2.45) is 5.92 Å². The number of sulfonamides is 1. The van der Waals surface area contributed by atoms with Gasteiger partial charge in [-0.1, -0.05) is 0 Å². The van der Waals surface area contributed by atoms with E-state index in [0.29, 0.717) is 24.6 Å². The molecule has 1 N–H and O–H groups in total. The van der Waals surface area contributed by atoms with Crippen molar-refractivity contribution in [3.8, 4) is 0 Å². The number of benzene rings is 1. The van der Waals surface area contributed by atoms with Crippen LogP contribution >= 0.6 is 0 Å². The molecular weight excluding hydrogens is 279 g/mol. The van der Waals surface area contributed by atoms with Gasteiger partial charge in [0.15, 0.2) is 0 Å². The van der Waals surface area contributed by atoms with Crippen molar-refractivity contribution in [2.45, 2.75) is 30.7 Å². The minimum Gasteiger partial charge on any atom is -0.312 e. The van der Waals surface area contributed by atoms with Gasteiger partial charge in [-0.3, -0.25) is 0 Å². The van der Waals surface area contributed by atoms with Gasteiger partial charge in [0.1, 0.15) is 5.82 Å². The number of halogens is 1. The molecule has 20 heavy (non-hydrogen) atoms. The number of hydrogen-bond acceptors (Lipinski definition) is 3. The van der Waals surface area contributed by atoms with Crippen molar-refractivity contribution >= 4 is 10.0 Å². The molecule has 2 saturated heterocycles. The Morgan fingerprint density at radius 1 is 1.35 bits per heavy atom. The first kappa shape index (κ1) is 14.0. The average Bonchev–Trinajstić information content (AvgIpc) is 2.82. The molecule has 0 spiro atoms. The average molecular weight is 298 g/mol. The van der Waals surface area contributed by atoms with Crippen LogP contribution in [0.15, 0.2) is 23.1 Å². The summed E-state index contributed by atoms with van der Waals surface area (Å²) < 4.78 is 40.0. The Bertz CT molecular complexity index is 604. The highest BCUT2D eigenvalue weighted by atomic mass is 32.2. The molecule has 2 aliphatic rings. The standard InChI is InChI=1S/C14H19FN2O2S/c1-10-7-12(15)4-5-14(10)20(18,19)17-8-11-3-2-6-16-13(11)9-17/h4-5,7,11,13,16H,2-3,6,8-9H2,1H3/t11-,13+/m0/s1. The molecule has 2 heterocycles. The Morgan fingerprint density at radius 2 is 2.15 bits per heavy atom. The van der Waals surface area contributed by atoms with Gasteiger partial charge in [-0.05, 0) is 56.0 Å². The lowest BCUT2D eigenvalue weighted by molar-refractivity contribution is 0.339. The molecule has 1 aromatic rings. The lowest BCUT2D eigenvalue weighted by Crippen LogP contribution is -2.41. The molecular formula is C14H19FN2O2S. The zero-order valence-electron chi connectivity index (χ0n) is 11.5. The predicted molar refractivity (Wildman–Crippen MR) is 74.4 cm³/mol. The number of hydrogen-bond donors (Lipinski definition) is 1. The zero-order chi connectivity index (χ0) is 14.3. The maximum absolute atomic E-state index is 13.1. The molecule has 2 atom stereocenters. The Balaban J connectivity index is 1.89. The summed E-state index contributed by atoms with van der Waals surface area (Å²) in [6.07, 6.45) is 2.18. The first-order valence-electron chi connectivity index (χ1n) is 6.98. The van der Waals surface area contributed by atoms with Gasteiger partial charge in [0.05, 0.1) is 4.90 Å². The van der Waals surface area contributed by atoms with E-state index in [-0.39, 0.29) is 10.9 Å². The topological polar surface area (TPSA) is 49.4 Å². The van der Waals surface area contributed by atoms with Crippen LogP contribution in [0.2, 0.25) is 0 Å². The number of nitrogens with one attached hydrogen (secondary N) is 1. The van der Waals surface area contributed by atoms with E-state index in [1.165, 1.54) is 18.2 Å². The smallest absolute Gasteiger partial charge is 0.243 e. The molecule has 0 saturated carbocycles. The highest BCUT2D eigenvalue weighted by Crippen LogP contribution is 2.30. The molecule has 0 radical (unpaired) electrons. The molecule has 0 unspecified atom stereocenters. The Morgan fingerprint density at radius 3 is 2.85 bits per heavy atom. The summed E-state index contributed by atoms with van der Waals surface area (Å²) >= 11 is 0. The maximum Gasteiger partial charge on any atom is 0.243 e. The van der Waals surface area contributed by atoms with Crippen molar-refractivity contribution in [1.29, 1.82) is 0 Å². The maximum atomic E-state index is 13.1. The third-order valence-corrected chi connectivity index (χ3v) is 6.31. The fourth-order valence-corrected chi connectivity index (χ4v) is 4.97. The summed E-state index contributed by atoms with van der Waals surface area (Å²) in [6, 6.07) is 4.12. The highest BCUT2D eigenvalue weighted by molar-refractivity contribution is 7.89. The Kier molecular flexibility index (Phi) is 3.56. The van der Waals surface area contributed by atoms with Crippen LogP contribution in [-0.2, 0) is 10.0 Å². The summed E-state index contributed by atoms with van der Waals surface area (Å²) in [5.74, 6) is -0.00233. The van der Waals surface area contributed by atoms with E-state index in [9.17, 15) is 12.8 Å². The molecule has 1 aromatic carbocycles. The van der Waals surface area contributed by atoms with E-state index >= 15 is 0 Å². The van der Waals surface area contributed by atoms with Crippen LogP contribution in [0.25, 0.3) is 0 Å². The van der Waals surface area contributed by atoms with Crippen LogP contribution in [0, 0.1) is 18.7 Å². The summed E-state index contributed by atoms with van der Waals surface area (Å²) in [5.41, 5.74) is 0.466. The fourth-order valence-electron chi connectivity index (χ4n) is 3.24. The van der Waals surface area contributed by atoms with Gasteiger partial charge in [-0.25, -0.2) is 12.8 Å². The first-order valence-corrected chi connectivity index (χ1v) is 8.42. The van der Waals surface area contributed by atoms with Crippen LogP contribution < -0.4 is 5.32 Å². The minimum atomic E-state index is -3.52. The van der Waals surface area contributed by atoms with Gasteiger partial charge in [0, 0.05) is 19.1 Å². The SMILES string of the molecule is Cc1cc(F)ccc1S(=O)(=O)N1C[C@@H]2CCCN[C@@H]2C1. The third-order valence-electron chi connectivity index (χ3n) is 4.32. The number of nitrogens with zero attached hydrogens (tertiary/aromatic N) is 1. The normalized spacial score (nSPS) is 27.5. The van der Waals surface area contributed by atoms with E-state index < -0.39 is 15.8 Å². The van der Waals surface area contributed by atoms with Crippen LogP contribution in [0.1, 0.15) is 18.4 Å². The second-order valence-electron chi connectivity index (χ2n) is 5.69. The predicted octanol–water partition coefficient (Wildman–Crippen LogP) is 1.51. The lowest BCUT2D eigenvalue weighted by atomic mass is 9.94. The summed E-state index contributed by atoms with van der Waals surface area (Å²) in [4.78, 5) is 0.220. The molecule has 2 fully saturated rings. The number of rotatable bonds is 2.